The molecule has 0 fully saturated rings. The number of rotatable bonds is 7. The molecule has 0 unspecified atom stereocenters. The van der Waals surface area contributed by atoms with E-state index in [1.54, 1.807) is 4.68 Å². The molecule has 1 aromatic heterocycles. The summed E-state index contributed by atoms with van der Waals surface area (Å²) >= 11 is 1.37. The molecule has 0 radical (unpaired) electrons. The van der Waals surface area contributed by atoms with Crippen LogP contribution in [-0.4, -0.2) is 38.5 Å². The van der Waals surface area contributed by atoms with Crippen LogP contribution in [0.2, 0.25) is 0 Å². The van der Waals surface area contributed by atoms with E-state index in [-0.39, 0.29) is 12.3 Å². The third-order valence-electron chi connectivity index (χ3n) is 2.41. The topological polar surface area (TPSA) is 95.9 Å². The number of amides is 1. The van der Waals surface area contributed by atoms with E-state index in [9.17, 15) is 4.79 Å². The molecule has 0 aliphatic carbocycles. The Hall–Kier alpha value is -2.09. The van der Waals surface area contributed by atoms with E-state index in [1.165, 1.54) is 11.8 Å². The number of hydrogen-bond donors (Lipinski definition) is 1. The van der Waals surface area contributed by atoms with Crippen LogP contribution in [0.3, 0.4) is 0 Å². The van der Waals surface area contributed by atoms with Crippen molar-refractivity contribution in [2.24, 2.45) is 5.73 Å². The van der Waals surface area contributed by atoms with E-state index < -0.39 is 0 Å². The predicted molar refractivity (Wildman–Crippen MR) is 74.9 cm³/mol. The lowest BCUT2D eigenvalue weighted by molar-refractivity contribution is -0.117. The number of carbonyl (C=O) groups excluding carboxylic acids is 1. The number of thioether (sulfide) groups is 1. The molecule has 1 heterocycles. The van der Waals surface area contributed by atoms with Gasteiger partial charge in [-0.2, -0.15) is 4.68 Å². The van der Waals surface area contributed by atoms with Crippen LogP contribution in [0.5, 0.6) is 5.75 Å². The van der Waals surface area contributed by atoms with Crippen molar-refractivity contribution in [3.05, 3.63) is 24.3 Å². The van der Waals surface area contributed by atoms with Crippen molar-refractivity contribution in [3.63, 3.8) is 0 Å². The van der Waals surface area contributed by atoms with E-state index in [0.29, 0.717) is 23.3 Å². The molecule has 106 valence electrons. The van der Waals surface area contributed by atoms with Crippen molar-refractivity contribution in [3.8, 4) is 11.4 Å². The zero-order valence-corrected chi connectivity index (χ0v) is 11.8. The monoisotopic (exact) mass is 293 g/mol. The summed E-state index contributed by atoms with van der Waals surface area (Å²) in [5.74, 6) is 0.900. The zero-order chi connectivity index (χ0) is 14.4. The number of nitrogens with zero attached hydrogens (tertiary/aromatic N) is 4. The molecule has 2 N–H and O–H groups in total. The number of nitrogens with two attached hydrogens (primary N) is 1. The molecule has 0 saturated heterocycles. The maximum Gasteiger partial charge on any atom is 0.218 e. The van der Waals surface area contributed by atoms with Gasteiger partial charge in [0.15, 0.2) is 0 Å². The van der Waals surface area contributed by atoms with Crippen LogP contribution in [0, 0.1) is 0 Å². The van der Waals surface area contributed by atoms with Crippen LogP contribution in [0.15, 0.2) is 29.4 Å². The van der Waals surface area contributed by atoms with Crippen LogP contribution >= 0.6 is 11.8 Å². The van der Waals surface area contributed by atoms with Crippen LogP contribution in [0.1, 0.15) is 13.3 Å². The Labute approximate surface area is 120 Å². The first kappa shape index (κ1) is 14.3. The second kappa shape index (κ2) is 6.90. The van der Waals surface area contributed by atoms with Crippen LogP contribution in [-0.2, 0) is 4.79 Å². The van der Waals surface area contributed by atoms with Gasteiger partial charge in [-0.25, -0.2) is 0 Å². The number of aromatic nitrogens is 4. The van der Waals surface area contributed by atoms with Gasteiger partial charge in [0.1, 0.15) is 11.4 Å². The Balaban J connectivity index is 2.21. The van der Waals surface area contributed by atoms with Gasteiger partial charge in [0.05, 0.1) is 6.61 Å². The van der Waals surface area contributed by atoms with Crippen molar-refractivity contribution >= 4 is 17.7 Å². The minimum atomic E-state index is -0.341. The molecule has 0 aliphatic rings. The fourth-order valence-corrected chi connectivity index (χ4v) is 2.41. The van der Waals surface area contributed by atoms with Crippen LogP contribution in [0.25, 0.3) is 5.69 Å². The number of hydrogen-bond acceptors (Lipinski definition) is 6. The molecule has 0 bridgehead atoms. The summed E-state index contributed by atoms with van der Waals surface area (Å²) in [6.07, 6.45) is 0.282. The van der Waals surface area contributed by atoms with Gasteiger partial charge in [-0.1, -0.05) is 23.9 Å². The third-order valence-corrected chi connectivity index (χ3v) is 3.33. The minimum Gasteiger partial charge on any atom is -0.492 e. The van der Waals surface area contributed by atoms with Crippen LogP contribution < -0.4 is 10.5 Å². The molecule has 1 aromatic carbocycles. The fraction of sp³-hybridized carbons (Fsp3) is 0.333. The minimum absolute atomic E-state index is 0.282. The molecule has 20 heavy (non-hydrogen) atoms. The summed E-state index contributed by atoms with van der Waals surface area (Å²) in [7, 11) is 0. The number of primary amides is 1. The molecule has 0 aliphatic heterocycles. The van der Waals surface area contributed by atoms with E-state index in [0.717, 1.165) is 5.69 Å². The third kappa shape index (κ3) is 3.47. The summed E-state index contributed by atoms with van der Waals surface area (Å²) in [5, 5.41) is 12.2. The Morgan fingerprint density at radius 2 is 2.25 bits per heavy atom. The lowest BCUT2D eigenvalue weighted by atomic mass is 10.3. The van der Waals surface area contributed by atoms with Crippen molar-refractivity contribution in [1.29, 1.82) is 0 Å². The molecule has 0 saturated carbocycles. The Morgan fingerprint density at radius 1 is 1.45 bits per heavy atom. The lowest BCUT2D eigenvalue weighted by Gasteiger charge is -2.10. The second-order valence-corrected chi connectivity index (χ2v) is 4.90. The first-order valence-electron chi connectivity index (χ1n) is 6.14. The van der Waals surface area contributed by atoms with Gasteiger partial charge in [-0.05, 0) is 29.5 Å². The van der Waals surface area contributed by atoms with Crippen molar-refractivity contribution in [1.82, 2.24) is 20.2 Å². The van der Waals surface area contributed by atoms with E-state index in [1.807, 2.05) is 31.2 Å². The molecule has 2 rings (SSSR count). The van der Waals surface area contributed by atoms with Gasteiger partial charge < -0.3 is 10.5 Å². The molecule has 2 aromatic rings. The maximum absolute atomic E-state index is 10.8. The molecule has 7 nitrogen and oxygen atoms in total. The van der Waals surface area contributed by atoms with E-state index in [2.05, 4.69) is 15.5 Å². The van der Waals surface area contributed by atoms with E-state index >= 15 is 0 Å². The fourth-order valence-electron chi connectivity index (χ4n) is 1.57. The average molecular weight is 293 g/mol. The first-order chi connectivity index (χ1) is 9.72. The van der Waals surface area contributed by atoms with E-state index in [4.69, 9.17) is 10.5 Å². The molecule has 0 atom stereocenters. The Morgan fingerprint density at radius 3 is 3.00 bits per heavy atom. The van der Waals surface area contributed by atoms with Gasteiger partial charge >= 0.3 is 0 Å². The maximum atomic E-state index is 10.8. The first-order valence-corrected chi connectivity index (χ1v) is 7.12. The number of benzene rings is 1. The van der Waals surface area contributed by atoms with Gasteiger partial charge in [-0.3, -0.25) is 4.79 Å². The summed E-state index contributed by atoms with van der Waals surface area (Å²) in [6.45, 7) is 2.47. The lowest BCUT2D eigenvalue weighted by Crippen LogP contribution is -2.11. The quantitative estimate of drug-likeness (QED) is 0.766. The standard InChI is InChI=1S/C12H15N5O2S/c1-2-19-10-6-4-3-5-9(10)17-12(14-15-16-17)20-8-7-11(13)18/h3-6H,2,7-8H2,1H3,(H2,13,18). The second-order valence-electron chi connectivity index (χ2n) is 3.84. The van der Waals surface area contributed by atoms with Gasteiger partial charge in [-0.15, -0.1) is 5.10 Å². The van der Waals surface area contributed by atoms with Crippen molar-refractivity contribution in [2.45, 2.75) is 18.5 Å². The van der Waals surface area contributed by atoms with Crippen molar-refractivity contribution in [2.75, 3.05) is 12.4 Å². The van der Waals surface area contributed by atoms with Gasteiger partial charge in [0.2, 0.25) is 11.1 Å². The summed E-state index contributed by atoms with van der Waals surface area (Å²) in [6, 6.07) is 7.51. The summed E-state index contributed by atoms with van der Waals surface area (Å²) in [5.41, 5.74) is 5.88. The van der Waals surface area contributed by atoms with Crippen molar-refractivity contribution < 1.29 is 9.53 Å². The number of tetrazole rings is 1. The summed E-state index contributed by atoms with van der Waals surface area (Å²) < 4.78 is 7.15. The zero-order valence-electron chi connectivity index (χ0n) is 11.0. The van der Waals surface area contributed by atoms with Crippen LogP contribution in [0.4, 0.5) is 0 Å². The highest BCUT2D eigenvalue weighted by atomic mass is 32.2. The molecule has 8 heteroatoms. The molecule has 1 amide bonds. The molecule has 0 spiro atoms. The number of carbonyl (C=O) groups is 1. The highest BCUT2D eigenvalue weighted by Crippen LogP contribution is 2.25. The SMILES string of the molecule is CCOc1ccccc1-n1nnnc1SCCC(N)=O. The van der Waals surface area contributed by atoms with Gasteiger partial charge in [0.25, 0.3) is 0 Å². The Bertz CT molecular complexity index is 587. The largest absolute Gasteiger partial charge is 0.492 e. The molecular formula is C12H15N5O2S. The number of para-hydroxylation sites is 2. The normalized spacial score (nSPS) is 10.4. The smallest absolute Gasteiger partial charge is 0.218 e. The molecular weight excluding hydrogens is 278 g/mol. The van der Waals surface area contributed by atoms with Gasteiger partial charge in [0, 0.05) is 12.2 Å². The Kier molecular flexibility index (Phi) is 4.94. The predicted octanol–water partition coefficient (Wildman–Crippen LogP) is 1.03. The highest BCUT2D eigenvalue weighted by molar-refractivity contribution is 7.99. The average Bonchev–Trinajstić information content (AvgIpc) is 2.88. The summed E-state index contributed by atoms with van der Waals surface area (Å²) in [4.78, 5) is 10.8. The number of ether oxygens (including phenoxy) is 1. The highest BCUT2D eigenvalue weighted by Gasteiger charge is 2.13.